The summed E-state index contributed by atoms with van der Waals surface area (Å²) in [5, 5.41) is 7.10. The van der Waals surface area contributed by atoms with E-state index in [4.69, 9.17) is 0 Å². The first-order valence-corrected chi connectivity index (χ1v) is 5.46. The first kappa shape index (κ1) is 10.5. The molecule has 0 aromatic carbocycles. The van der Waals surface area contributed by atoms with E-state index in [0.717, 1.165) is 16.3 Å². The Hall–Kier alpha value is -2.01. The maximum atomic E-state index is 4.22. The Balaban J connectivity index is 2.36. The molecule has 0 aliphatic rings. The summed E-state index contributed by atoms with van der Waals surface area (Å²) in [5.74, 6) is 0. The molecule has 0 fully saturated rings. The minimum absolute atomic E-state index is 0.776. The quantitative estimate of drug-likeness (QED) is 0.598. The number of thiazole rings is 1. The first-order valence-electron chi connectivity index (χ1n) is 4.58. The van der Waals surface area contributed by atoms with Crippen molar-refractivity contribution in [1.82, 2.24) is 14.8 Å². The third-order valence-electron chi connectivity index (χ3n) is 1.96. The number of hydrogen-bond acceptors (Lipinski definition) is 4. The summed E-state index contributed by atoms with van der Waals surface area (Å²) in [6, 6.07) is 0. The number of hydrogen-bond donors (Lipinski definition) is 0. The van der Waals surface area contributed by atoms with Gasteiger partial charge in [0.2, 0.25) is 0 Å². The van der Waals surface area contributed by atoms with Crippen LogP contribution in [-0.4, -0.2) is 21.5 Å². The molecule has 0 bridgehead atoms. The molecule has 2 rings (SSSR count). The highest BCUT2D eigenvalue weighted by Crippen LogP contribution is 2.21. The maximum Gasteiger partial charge on any atom is 0.126 e. The van der Waals surface area contributed by atoms with Crippen molar-refractivity contribution < 1.29 is 0 Å². The van der Waals surface area contributed by atoms with E-state index < -0.39 is 0 Å². The monoisotopic (exact) mass is 230 g/mol. The lowest BCUT2D eigenvalue weighted by Gasteiger charge is -1.98. The normalized spacial score (nSPS) is 11.4. The van der Waals surface area contributed by atoms with Gasteiger partial charge in [-0.15, -0.1) is 11.3 Å². The second-order valence-electron chi connectivity index (χ2n) is 2.95. The Labute approximate surface area is 97.3 Å². The fourth-order valence-corrected chi connectivity index (χ4v) is 1.85. The Morgan fingerprint density at radius 1 is 1.56 bits per heavy atom. The van der Waals surface area contributed by atoms with Gasteiger partial charge in [0.25, 0.3) is 0 Å². The van der Waals surface area contributed by atoms with Crippen LogP contribution in [0.2, 0.25) is 0 Å². The van der Waals surface area contributed by atoms with Crippen LogP contribution in [-0.2, 0) is 0 Å². The summed E-state index contributed by atoms with van der Waals surface area (Å²) >= 11 is 1.58. The van der Waals surface area contributed by atoms with Gasteiger partial charge in [0.05, 0.1) is 18.1 Å². The third kappa shape index (κ3) is 1.99. The van der Waals surface area contributed by atoms with Crippen LogP contribution in [0.25, 0.3) is 16.3 Å². The fraction of sp³-hybridized carbons (Fsp3) is 0. The first-order chi connectivity index (χ1) is 7.85. The molecule has 5 heteroatoms. The lowest BCUT2D eigenvalue weighted by molar-refractivity contribution is 0.908. The minimum Gasteiger partial charge on any atom is -0.270 e. The average Bonchev–Trinajstić information content (AvgIpc) is 2.95. The highest BCUT2D eigenvalue weighted by Gasteiger charge is 2.05. The average molecular weight is 230 g/mol. The molecule has 0 unspecified atom stereocenters. The Bertz CT molecular complexity index is 522. The maximum absolute atomic E-state index is 4.22. The minimum atomic E-state index is 0.776. The molecule has 0 spiro atoms. The van der Waals surface area contributed by atoms with Crippen LogP contribution in [0.3, 0.4) is 0 Å². The van der Waals surface area contributed by atoms with Crippen molar-refractivity contribution >= 4 is 23.8 Å². The topological polar surface area (TPSA) is 43.1 Å². The van der Waals surface area contributed by atoms with Gasteiger partial charge < -0.3 is 0 Å². The second-order valence-corrected chi connectivity index (χ2v) is 3.85. The van der Waals surface area contributed by atoms with Crippen molar-refractivity contribution in [2.75, 3.05) is 0 Å². The molecule has 0 saturated carbocycles. The van der Waals surface area contributed by atoms with Crippen LogP contribution in [0, 0.1) is 0 Å². The predicted octanol–water partition coefficient (Wildman–Crippen LogP) is 2.69. The zero-order chi connectivity index (χ0) is 11.4. The van der Waals surface area contributed by atoms with Crippen LogP contribution in [0.15, 0.2) is 47.8 Å². The van der Waals surface area contributed by atoms with Crippen molar-refractivity contribution in [3.63, 3.8) is 0 Å². The van der Waals surface area contributed by atoms with Gasteiger partial charge in [0.15, 0.2) is 0 Å². The van der Waals surface area contributed by atoms with Gasteiger partial charge in [-0.2, -0.15) is 5.10 Å². The third-order valence-corrected chi connectivity index (χ3v) is 2.78. The van der Waals surface area contributed by atoms with Crippen LogP contribution < -0.4 is 0 Å². The molecule has 0 amide bonds. The molecule has 0 aliphatic heterocycles. The number of rotatable bonds is 4. The van der Waals surface area contributed by atoms with E-state index in [1.807, 2.05) is 11.6 Å². The largest absolute Gasteiger partial charge is 0.270 e. The highest BCUT2D eigenvalue weighted by molar-refractivity contribution is 7.13. The van der Waals surface area contributed by atoms with E-state index in [-0.39, 0.29) is 0 Å². The SMILES string of the molecule is C=C/C(=C\N=C)n1cc(-c2nccs2)cn1. The van der Waals surface area contributed by atoms with Gasteiger partial charge in [-0.3, -0.25) is 4.99 Å². The van der Waals surface area contributed by atoms with E-state index in [9.17, 15) is 0 Å². The number of nitrogens with zero attached hydrogens (tertiary/aromatic N) is 4. The molecule has 0 aliphatic carbocycles. The fourth-order valence-electron chi connectivity index (χ4n) is 1.24. The summed E-state index contributed by atoms with van der Waals surface area (Å²) in [6.07, 6.45) is 8.70. The molecule has 0 saturated heterocycles. The molecule has 2 aromatic heterocycles. The summed E-state index contributed by atoms with van der Waals surface area (Å²) in [6.45, 7) is 7.10. The number of aromatic nitrogens is 3. The van der Waals surface area contributed by atoms with E-state index in [0.29, 0.717) is 0 Å². The van der Waals surface area contributed by atoms with Crippen molar-refractivity contribution in [2.24, 2.45) is 4.99 Å². The molecule has 0 N–H and O–H groups in total. The highest BCUT2D eigenvalue weighted by atomic mass is 32.1. The molecular weight excluding hydrogens is 220 g/mol. The molecule has 80 valence electrons. The van der Waals surface area contributed by atoms with Gasteiger partial charge >= 0.3 is 0 Å². The molecule has 16 heavy (non-hydrogen) atoms. The zero-order valence-corrected chi connectivity index (χ0v) is 9.39. The molecule has 0 atom stereocenters. The van der Waals surface area contributed by atoms with Crippen LogP contribution in [0.1, 0.15) is 0 Å². The van der Waals surface area contributed by atoms with Gasteiger partial charge in [-0.05, 0) is 12.8 Å². The van der Waals surface area contributed by atoms with Gasteiger partial charge in [-0.25, -0.2) is 9.67 Å². The van der Waals surface area contributed by atoms with E-state index in [1.165, 1.54) is 0 Å². The molecule has 2 aromatic rings. The van der Waals surface area contributed by atoms with E-state index in [1.54, 1.807) is 40.7 Å². The van der Waals surface area contributed by atoms with Gasteiger partial charge in [-0.1, -0.05) is 6.58 Å². The number of allylic oxidation sites excluding steroid dienone is 2. The summed E-state index contributed by atoms with van der Waals surface area (Å²) < 4.78 is 1.69. The van der Waals surface area contributed by atoms with Crippen molar-refractivity contribution in [1.29, 1.82) is 0 Å². The Morgan fingerprint density at radius 3 is 3.06 bits per heavy atom. The van der Waals surface area contributed by atoms with Crippen LogP contribution in [0.4, 0.5) is 0 Å². The van der Waals surface area contributed by atoms with Gasteiger partial charge in [0.1, 0.15) is 5.01 Å². The molecule has 2 heterocycles. The van der Waals surface area contributed by atoms with Crippen LogP contribution >= 0.6 is 11.3 Å². The van der Waals surface area contributed by atoms with E-state index in [2.05, 4.69) is 28.4 Å². The van der Waals surface area contributed by atoms with Gasteiger partial charge in [0, 0.05) is 23.3 Å². The Kier molecular flexibility index (Phi) is 3.07. The summed E-state index contributed by atoms with van der Waals surface area (Å²) in [7, 11) is 0. The standard InChI is InChI=1S/C11H10N4S/c1-3-10(7-12-2)15-8-9(6-14-15)11-13-4-5-16-11/h3-8H,1-2H2/b10-7+. The number of aliphatic imine (C=N–C) groups is 1. The predicted molar refractivity (Wildman–Crippen MR) is 67.4 cm³/mol. The zero-order valence-electron chi connectivity index (χ0n) is 8.58. The van der Waals surface area contributed by atoms with Crippen LogP contribution in [0.5, 0.6) is 0 Å². The van der Waals surface area contributed by atoms with E-state index >= 15 is 0 Å². The Morgan fingerprint density at radius 2 is 2.44 bits per heavy atom. The molecule has 0 radical (unpaired) electrons. The smallest absolute Gasteiger partial charge is 0.126 e. The lowest BCUT2D eigenvalue weighted by atomic mass is 10.4. The molecule has 4 nitrogen and oxygen atoms in total. The second kappa shape index (κ2) is 4.67. The summed E-state index contributed by atoms with van der Waals surface area (Å²) in [5.41, 5.74) is 1.75. The van der Waals surface area contributed by atoms with Crippen molar-refractivity contribution in [3.05, 3.63) is 42.8 Å². The summed E-state index contributed by atoms with van der Waals surface area (Å²) in [4.78, 5) is 7.91. The molecular formula is C11H10N4S. The lowest BCUT2D eigenvalue weighted by Crippen LogP contribution is -1.93. The van der Waals surface area contributed by atoms with Crippen molar-refractivity contribution in [3.8, 4) is 10.6 Å². The van der Waals surface area contributed by atoms with Crippen molar-refractivity contribution in [2.45, 2.75) is 0 Å².